The quantitative estimate of drug-likeness (QED) is 0.250. The van der Waals surface area contributed by atoms with E-state index in [0.717, 1.165) is 11.1 Å². The Morgan fingerprint density at radius 1 is 0.972 bits per heavy atom. The number of benzene rings is 2. The van der Waals surface area contributed by atoms with Gasteiger partial charge in [-0.25, -0.2) is 0 Å². The van der Waals surface area contributed by atoms with Gasteiger partial charge >= 0.3 is 0 Å². The molecule has 4 amide bonds. The summed E-state index contributed by atoms with van der Waals surface area (Å²) in [5, 5.41) is 23.0. The molecule has 2 aromatic rings. The SMILES string of the molecule is N[C@@H](Cc1ccc(O)cc1)C(=O)N[C@@H]1CNCCNC(=O)[C@H](Cc2ccccc2)NC(=O)CNC1=O. The highest BCUT2D eigenvalue weighted by molar-refractivity contribution is 5.93. The maximum Gasteiger partial charge on any atom is 0.244 e. The maximum atomic E-state index is 12.8. The van der Waals surface area contributed by atoms with Crippen LogP contribution in [-0.4, -0.2) is 73.0 Å². The first-order chi connectivity index (χ1) is 17.3. The number of phenols is 1. The summed E-state index contributed by atoms with van der Waals surface area (Å²) in [6, 6.07) is 12.9. The number of nitrogens with one attached hydrogen (secondary N) is 5. The van der Waals surface area contributed by atoms with Crippen LogP contribution in [-0.2, 0) is 32.0 Å². The van der Waals surface area contributed by atoms with Gasteiger partial charge in [0.2, 0.25) is 23.6 Å². The largest absolute Gasteiger partial charge is 0.508 e. The zero-order valence-electron chi connectivity index (χ0n) is 19.8. The minimum absolute atomic E-state index is 0.0778. The first kappa shape index (κ1) is 26.6. The normalized spacial score (nSPS) is 20.4. The Hall–Kier alpha value is -3.96. The van der Waals surface area contributed by atoms with Crippen molar-refractivity contribution in [1.82, 2.24) is 26.6 Å². The van der Waals surface area contributed by atoms with Crippen LogP contribution in [0, 0.1) is 0 Å². The molecule has 36 heavy (non-hydrogen) atoms. The summed E-state index contributed by atoms with van der Waals surface area (Å²) in [6.45, 7) is 0.331. The zero-order chi connectivity index (χ0) is 25.9. The molecule has 0 radical (unpaired) electrons. The van der Waals surface area contributed by atoms with Crippen molar-refractivity contribution < 1.29 is 24.3 Å². The molecule has 11 nitrogen and oxygen atoms in total. The van der Waals surface area contributed by atoms with Crippen molar-refractivity contribution in [1.29, 1.82) is 0 Å². The molecule has 0 aromatic heterocycles. The summed E-state index contributed by atoms with van der Waals surface area (Å²) in [4.78, 5) is 50.6. The first-order valence-corrected chi connectivity index (χ1v) is 11.7. The molecule has 1 fully saturated rings. The molecule has 0 bridgehead atoms. The van der Waals surface area contributed by atoms with E-state index in [4.69, 9.17) is 5.73 Å². The van der Waals surface area contributed by atoms with Crippen LogP contribution in [0.1, 0.15) is 11.1 Å². The predicted octanol–water partition coefficient (Wildman–Crippen LogP) is -1.69. The van der Waals surface area contributed by atoms with Gasteiger partial charge in [0.1, 0.15) is 17.8 Å². The number of amides is 4. The van der Waals surface area contributed by atoms with Crippen molar-refractivity contribution in [3.05, 3.63) is 65.7 Å². The lowest BCUT2D eigenvalue weighted by Gasteiger charge is -2.21. The summed E-state index contributed by atoms with van der Waals surface area (Å²) < 4.78 is 0. The number of hydrogen-bond acceptors (Lipinski definition) is 7. The average molecular weight is 497 g/mol. The van der Waals surface area contributed by atoms with Crippen LogP contribution in [0.3, 0.4) is 0 Å². The number of carbonyl (C=O) groups excluding carboxylic acids is 4. The summed E-state index contributed by atoms with van der Waals surface area (Å²) in [5.74, 6) is -1.84. The van der Waals surface area contributed by atoms with Crippen LogP contribution in [0.15, 0.2) is 54.6 Å². The van der Waals surface area contributed by atoms with E-state index >= 15 is 0 Å². The average Bonchev–Trinajstić information content (AvgIpc) is 2.88. The molecule has 3 rings (SSSR count). The second kappa shape index (κ2) is 13.2. The number of hydrogen-bond donors (Lipinski definition) is 7. The molecule has 2 aromatic carbocycles. The van der Waals surface area contributed by atoms with Gasteiger partial charge in [-0.15, -0.1) is 0 Å². The van der Waals surface area contributed by atoms with Crippen molar-refractivity contribution >= 4 is 23.6 Å². The smallest absolute Gasteiger partial charge is 0.244 e. The van der Waals surface area contributed by atoms with Gasteiger partial charge in [0.25, 0.3) is 0 Å². The second-order valence-corrected chi connectivity index (χ2v) is 8.56. The van der Waals surface area contributed by atoms with Crippen molar-refractivity contribution in [2.75, 3.05) is 26.2 Å². The van der Waals surface area contributed by atoms with Crippen LogP contribution in [0.25, 0.3) is 0 Å². The van der Waals surface area contributed by atoms with E-state index < -0.39 is 35.8 Å². The lowest BCUT2D eigenvalue weighted by molar-refractivity contribution is -0.131. The van der Waals surface area contributed by atoms with Crippen molar-refractivity contribution in [3.8, 4) is 5.75 Å². The van der Waals surface area contributed by atoms with Gasteiger partial charge in [-0.05, 0) is 29.7 Å². The number of aromatic hydroxyl groups is 1. The molecule has 192 valence electrons. The first-order valence-electron chi connectivity index (χ1n) is 11.7. The fraction of sp³-hybridized carbons (Fsp3) is 0.360. The minimum atomic E-state index is -0.979. The highest BCUT2D eigenvalue weighted by Gasteiger charge is 2.26. The number of rotatable bonds is 6. The van der Waals surface area contributed by atoms with E-state index in [2.05, 4.69) is 26.6 Å². The molecule has 0 aliphatic carbocycles. The van der Waals surface area contributed by atoms with E-state index in [1.165, 1.54) is 12.1 Å². The summed E-state index contributed by atoms with van der Waals surface area (Å²) >= 11 is 0. The molecule has 1 aliphatic rings. The molecule has 1 heterocycles. The van der Waals surface area contributed by atoms with E-state index in [-0.39, 0.29) is 37.7 Å². The number of phenolic OH excluding ortho intramolecular Hbond substituents is 1. The summed E-state index contributed by atoms with van der Waals surface area (Å²) in [7, 11) is 0. The second-order valence-electron chi connectivity index (χ2n) is 8.56. The van der Waals surface area contributed by atoms with Crippen LogP contribution in [0.2, 0.25) is 0 Å². The Kier molecular flexibility index (Phi) is 9.78. The van der Waals surface area contributed by atoms with E-state index in [1.54, 1.807) is 12.1 Å². The number of nitrogens with two attached hydrogens (primary N) is 1. The van der Waals surface area contributed by atoms with Crippen LogP contribution in [0.4, 0.5) is 0 Å². The van der Waals surface area contributed by atoms with Gasteiger partial charge in [-0.1, -0.05) is 42.5 Å². The Balaban J connectivity index is 1.60. The van der Waals surface area contributed by atoms with E-state index in [0.29, 0.717) is 13.0 Å². The number of carbonyl (C=O) groups is 4. The highest BCUT2D eigenvalue weighted by Crippen LogP contribution is 2.11. The van der Waals surface area contributed by atoms with Gasteiger partial charge in [0, 0.05) is 26.1 Å². The predicted molar refractivity (Wildman–Crippen MR) is 133 cm³/mol. The molecular weight excluding hydrogens is 464 g/mol. The van der Waals surface area contributed by atoms with E-state index in [9.17, 15) is 24.3 Å². The fourth-order valence-corrected chi connectivity index (χ4v) is 3.71. The Labute approximate surface area is 209 Å². The van der Waals surface area contributed by atoms with Crippen molar-refractivity contribution in [2.45, 2.75) is 31.0 Å². The molecule has 1 aliphatic heterocycles. The molecule has 3 atom stereocenters. The third-order valence-electron chi connectivity index (χ3n) is 5.67. The fourth-order valence-electron chi connectivity index (χ4n) is 3.71. The minimum Gasteiger partial charge on any atom is -0.508 e. The van der Waals surface area contributed by atoms with Gasteiger partial charge < -0.3 is 37.4 Å². The van der Waals surface area contributed by atoms with Gasteiger partial charge in [0.05, 0.1) is 12.6 Å². The summed E-state index contributed by atoms with van der Waals surface area (Å²) in [5.41, 5.74) is 7.66. The maximum absolute atomic E-state index is 12.8. The third-order valence-corrected chi connectivity index (χ3v) is 5.67. The summed E-state index contributed by atoms with van der Waals surface area (Å²) in [6.07, 6.45) is 0.516. The van der Waals surface area contributed by atoms with Crippen LogP contribution >= 0.6 is 0 Å². The Morgan fingerprint density at radius 2 is 1.69 bits per heavy atom. The monoisotopic (exact) mass is 496 g/mol. The van der Waals surface area contributed by atoms with Gasteiger partial charge in [0.15, 0.2) is 0 Å². The lowest BCUT2D eigenvalue weighted by atomic mass is 10.1. The molecule has 8 N–H and O–H groups in total. The van der Waals surface area contributed by atoms with Gasteiger partial charge in [-0.2, -0.15) is 0 Å². The van der Waals surface area contributed by atoms with Crippen molar-refractivity contribution in [2.24, 2.45) is 5.73 Å². The molecule has 0 spiro atoms. The zero-order valence-corrected chi connectivity index (χ0v) is 19.8. The van der Waals surface area contributed by atoms with Crippen LogP contribution < -0.4 is 32.3 Å². The molecule has 1 saturated heterocycles. The Bertz CT molecular complexity index is 1050. The van der Waals surface area contributed by atoms with E-state index in [1.807, 2.05) is 30.3 Å². The van der Waals surface area contributed by atoms with Crippen LogP contribution in [0.5, 0.6) is 5.75 Å². The topological polar surface area (TPSA) is 175 Å². The molecular formula is C25H32N6O5. The molecule has 0 unspecified atom stereocenters. The Morgan fingerprint density at radius 3 is 2.42 bits per heavy atom. The highest BCUT2D eigenvalue weighted by atomic mass is 16.3. The molecule has 0 saturated carbocycles. The standard InChI is InChI=1S/C25H32N6O5/c26-19(12-17-6-8-18(32)9-7-17)23(34)31-21-14-27-10-11-28-24(35)20(13-16-4-2-1-3-5-16)30-22(33)15-29-25(21)36/h1-9,19-21,27,32H,10-15,26H2,(H,28,35)(H,29,36)(H,30,33)(H,31,34)/t19-,20-,21+/m0/s1. The molecule has 11 heteroatoms. The van der Waals surface area contributed by atoms with Gasteiger partial charge in [-0.3, -0.25) is 19.2 Å². The lowest BCUT2D eigenvalue weighted by Crippen LogP contribution is -2.56. The third kappa shape index (κ3) is 8.36. The van der Waals surface area contributed by atoms with Crippen molar-refractivity contribution in [3.63, 3.8) is 0 Å².